The molecule has 29 heavy (non-hydrogen) atoms. The van der Waals surface area contributed by atoms with Crippen LogP contribution in [0.2, 0.25) is 0 Å². The van der Waals surface area contributed by atoms with Crippen LogP contribution in [0, 0.1) is 5.41 Å². The number of amides is 2. The molecule has 2 N–H and O–H groups in total. The molecule has 0 radical (unpaired) electrons. The van der Waals surface area contributed by atoms with Crippen LogP contribution in [0.4, 0.5) is 0 Å². The fraction of sp³-hybridized carbons (Fsp3) is 0.696. The van der Waals surface area contributed by atoms with E-state index in [1.54, 1.807) is 0 Å². The van der Waals surface area contributed by atoms with E-state index < -0.39 is 0 Å². The number of carbonyl (C=O) groups excluding carboxylic acids is 2. The van der Waals surface area contributed by atoms with E-state index in [1.807, 2.05) is 12.3 Å². The highest BCUT2D eigenvalue weighted by Gasteiger charge is 2.47. The van der Waals surface area contributed by atoms with Gasteiger partial charge in [0.1, 0.15) is 0 Å². The lowest BCUT2D eigenvalue weighted by Gasteiger charge is -2.55. The lowest BCUT2D eigenvalue weighted by atomic mass is 9.60. The second kappa shape index (κ2) is 7.80. The van der Waals surface area contributed by atoms with Crippen LogP contribution >= 0.6 is 0 Å². The van der Waals surface area contributed by atoms with E-state index in [-0.39, 0.29) is 17.7 Å². The number of nitrogens with one attached hydrogen (secondary N) is 2. The average molecular weight is 397 g/mol. The molecule has 3 saturated heterocycles. The molecule has 1 aromatic heterocycles. The van der Waals surface area contributed by atoms with Crippen LogP contribution in [-0.2, 0) is 9.59 Å². The number of pyridine rings is 1. The zero-order chi connectivity index (χ0) is 19.8. The molecule has 1 aromatic rings. The second-order valence-corrected chi connectivity index (χ2v) is 9.64. The Morgan fingerprint density at radius 1 is 1.03 bits per heavy atom. The SMILES string of the molecule is O=C1CCC(c2ccc(C3CCN(C4CC5(CCNCC5)C4)CC3)nc2)C(=O)N1. The minimum atomic E-state index is -0.239. The van der Waals surface area contributed by atoms with Crippen LogP contribution in [0.15, 0.2) is 18.3 Å². The molecule has 6 nitrogen and oxygen atoms in total. The summed E-state index contributed by atoms with van der Waals surface area (Å²) in [6.45, 7) is 4.77. The quantitative estimate of drug-likeness (QED) is 0.767. The van der Waals surface area contributed by atoms with Gasteiger partial charge in [-0.2, -0.15) is 0 Å². The molecule has 0 bridgehead atoms. The topological polar surface area (TPSA) is 74.3 Å². The first kappa shape index (κ1) is 19.2. The molecule has 1 aliphatic carbocycles. The van der Waals surface area contributed by atoms with E-state index in [0.717, 1.165) is 17.3 Å². The number of likely N-dealkylation sites (tertiary alicyclic amines) is 1. The Morgan fingerprint density at radius 2 is 1.79 bits per heavy atom. The fourth-order valence-corrected chi connectivity index (χ4v) is 6.00. The average Bonchev–Trinajstić information content (AvgIpc) is 2.73. The Balaban J connectivity index is 1.13. The summed E-state index contributed by atoms with van der Waals surface area (Å²) in [7, 11) is 0. The lowest BCUT2D eigenvalue weighted by Crippen LogP contribution is -2.55. The summed E-state index contributed by atoms with van der Waals surface area (Å²) in [5.41, 5.74) is 2.74. The van der Waals surface area contributed by atoms with E-state index in [2.05, 4.69) is 21.6 Å². The van der Waals surface area contributed by atoms with E-state index in [9.17, 15) is 9.59 Å². The van der Waals surface area contributed by atoms with Gasteiger partial charge in [-0.3, -0.25) is 19.9 Å². The number of nitrogens with zero attached hydrogens (tertiary/aromatic N) is 2. The molecule has 1 unspecified atom stereocenters. The standard InChI is InChI=1S/C23H32N4O2/c28-21-4-2-19(22(29)26-21)17-1-3-20(25-15-17)16-5-11-27(12-6-16)18-13-23(14-18)7-9-24-10-8-23/h1,3,15-16,18-19,24H,2,4-14H2,(H,26,28,29). The third-order valence-electron chi connectivity index (χ3n) is 7.92. The normalized spacial score (nSPS) is 28.9. The van der Waals surface area contributed by atoms with Crippen molar-refractivity contribution in [1.29, 1.82) is 0 Å². The molecule has 5 rings (SSSR count). The van der Waals surface area contributed by atoms with Gasteiger partial charge >= 0.3 is 0 Å². The molecule has 1 atom stereocenters. The highest BCUT2D eigenvalue weighted by molar-refractivity contribution is 6.00. The maximum atomic E-state index is 12.1. The zero-order valence-electron chi connectivity index (χ0n) is 17.2. The maximum absolute atomic E-state index is 12.1. The second-order valence-electron chi connectivity index (χ2n) is 9.64. The highest BCUT2D eigenvalue weighted by atomic mass is 16.2. The summed E-state index contributed by atoms with van der Waals surface area (Å²) in [6.07, 6.45) is 10.7. The van der Waals surface area contributed by atoms with Gasteiger partial charge < -0.3 is 10.2 Å². The summed E-state index contributed by atoms with van der Waals surface area (Å²) in [4.78, 5) is 30.9. The monoisotopic (exact) mass is 396 g/mol. The van der Waals surface area contributed by atoms with Gasteiger partial charge in [0.15, 0.2) is 0 Å². The Kier molecular flexibility index (Phi) is 5.16. The van der Waals surface area contributed by atoms with Gasteiger partial charge in [0, 0.05) is 30.3 Å². The van der Waals surface area contributed by atoms with Crippen molar-refractivity contribution in [2.45, 2.75) is 69.2 Å². The summed E-state index contributed by atoms with van der Waals surface area (Å²) in [5.74, 6) is -0.0664. The number of imide groups is 1. The first-order valence-electron chi connectivity index (χ1n) is 11.4. The number of rotatable bonds is 3. The van der Waals surface area contributed by atoms with Crippen LogP contribution in [0.3, 0.4) is 0 Å². The number of hydrogen-bond acceptors (Lipinski definition) is 5. The molecule has 0 aromatic carbocycles. The Bertz CT molecular complexity index is 756. The summed E-state index contributed by atoms with van der Waals surface area (Å²) in [6, 6.07) is 4.95. The Morgan fingerprint density at radius 3 is 2.45 bits per heavy atom. The smallest absolute Gasteiger partial charge is 0.234 e. The van der Waals surface area contributed by atoms with Crippen LogP contribution in [0.25, 0.3) is 0 Å². The van der Waals surface area contributed by atoms with E-state index >= 15 is 0 Å². The van der Waals surface area contributed by atoms with Gasteiger partial charge in [-0.15, -0.1) is 0 Å². The van der Waals surface area contributed by atoms with Crippen LogP contribution in [-0.4, -0.2) is 53.9 Å². The first-order valence-corrected chi connectivity index (χ1v) is 11.4. The van der Waals surface area contributed by atoms with Crippen molar-refractivity contribution in [3.05, 3.63) is 29.6 Å². The van der Waals surface area contributed by atoms with Crippen molar-refractivity contribution < 1.29 is 9.59 Å². The van der Waals surface area contributed by atoms with Crippen molar-refractivity contribution in [3.63, 3.8) is 0 Å². The van der Waals surface area contributed by atoms with Gasteiger partial charge in [-0.05, 0) is 88.2 Å². The largest absolute Gasteiger partial charge is 0.317 e. The minimum absolute atomic E-state index is 0.167. The first-order chi connectivity index (χ1) is 14.1. The molecular formula is C23H32N4O2. The van der Waals surface area contributed by atoms with Gasteiger partial charge in [-0.25, -0.2) is 0 Å². The molecular weight excluding hydrogens is 364 g/mol. The molecule has 6 heteroatoms. The van der Waals surface area contributed by atoms with E-state index in [4.69, 9.17) is 4.98 Å². The molecule has 2 amide bonds. The Hall–Kier alpha value is -1.79. The van der Waals surface area contributed by atoms with Gasteiger partial charge in [0.2, 0.25) is 11.8 Å². The van der Waals surface area contributed by atoms with Gasteiger partial charge in [-0.1, -0.05) is 6.07 Å². The number of carbonyl (C=O) groups is 2. The number of piperidine rings is 3. The molecule has 1 saturated carbocycles. The van der Waals surface area contributed by atoms with Crippen molar-refractivity contribution in [2.75, 3.05) is 26.2 Å². The predicted octanol–water partition coefficient (Wildman–Crippen LogP) is 2.31. The van der Waals surface area contributed by atoms with Crippen molar-refractivity contribution in [2.24, 2.45) is 5.41 Å². The van der Waals surface area contributed by atoms with Gasteiger partial charge in [0.05, 0.1) is 5.92 Å². The minimum Gasteiger partial charge on any atom is -0.317 e. The molecule has 4 fully saturated rings. The summed E-state index contributed by atoms with van der Waals surface area (Å²) in [5, 5.41) is 5.94. The lowest BCUT2D eigenvalue weighted by molar-refractivity contribution is -0.134. The summed E-state index contributed by atoms with van der Waals surface area (Å²) >= 11 is 0. The fourth-order valence-electron chi connectivity index (χ4n) is 6.00. The molecule has 1 spiro atoms. The maximum Gasteiger partial charge on any atom is 0.234 e. The van der Waals surface area contributed by atoms with Crippen LogP contribution in [0.5, 0.6) is 0 Å². The van der Waals surface area contributed by atoms with Crippen molar-refractivity contribution >= 4 is 11.8 Å². The Labute approximate surface area is 172 Å². The predicted molar refractivity (Wildman–Crippen MR) is 110 cm³/mol. The van der Waals surface area contributed by atoms with E-state index in [0.29, 0.717) is 24.2 Å². The van der Waals surface area contributed by atoms with E-state index in [1.165, 1.54) is 64.7 Å². The highest BCUT2D eigenvalue weighted by Crippen LogP contribution is 2.50. The molecule has 3 aliphatic heterocycles. The molecule has 156 valence electrons. The number of hydrogen-bond donors (Lipinski definition) is 2. The van der Waals surface area contributed by atoms with Gasteiger partial charge in [0.25, 0.3) is 0 Å². The number of aromatic nitrogens is 1. The molecule has 4 heterocycles. The third-order valence-corrected chi connectivity index (χ3v) is 7.92. The molecule has 4 aliphatic rings. The van der Waals surface area contributed by atoms with Crippen LogP contribution < -0.4 is 10.6 Å². The van der Waals surface area contributed by atoms with Crippen molar-refractivity contribution in [3.8, 4) is 0 Å². The van der Waals surface area contributed by atoms with Crippen molar-refractivity contribution in [1.82, 2.24) is 20.5 Å². The zero-order valence-corrected chi connectivity index (χ0v) is 17.2. The van der Waals surface area contributed by atoms with Crippen LogP contribution in [0.1, 0.15) is 74.5 Å². The third kappa shape index (κ3) is 3.84. The summed E-state index contributed by atoms with van der Waals surface area (Å²) < 4.78 is 0.